The van der Waals surface area contributed by atoms with Gasteiger partial charge in [0.25, 0.3) is 0 Å². The van der Waals surface area contributed by atoms with Gasteiger partial charge in [-0.1, -0.05) is 17.3 Å². The van der Waals surface area contributed by atoms with E-state index in [0.29, 0.717) is 29.0 Å². The fraction of sp³-hybridized carbons (Fsp3) is 0.208. The molecule has 0 bridgehead atoms. The number of para-hydroxylation sites is 1. The molecule has 0 amide bonds. The topological polar surface area (TPSA) is 110 Å². The van der Waals surface area contributed by atoms with Gasteiger partial charge in [-0.05, 0) is 43.0 Å². The van der Waals surface area contributed by atoms with Crippen molar-refractivity contribution in [2.24, 2.45) is 5.92 Å². The first-order valence-corrected chi connectivity index (χ1v) is 10.9. The molecule has 4 heterocycles. The Kier molecular flexibility index (Phi) is 4.72. The van der Waals surface area contributed by atoms with Crippen LogP contribution in [0.15, 0.2) is 61.3 Å². The molecule has 9 nitrogen and oxygen atoms in total. The van der Waals surface area contributed by atoms with Gasteiger partial charge in [-0.2, -0.15) is 0 Å². The molecule has 1 atom stereocenters. The Balaban J connectivity index is 1.53. The first-order chi connectivity index (χ1) is 16.7. The summed E-state index contributed by atoms with van der Waals surface area (Å²) >= 11 is 0. The SMILES string of the molecule is COc1ncccc1-c1cn(C(c2cn(-c3ccccc3F)nn2)C2CC2)c2ncnc(N)c12. The highest BCUT2D eigenvalue weighted by Gasteiger charge is 2.37. The highest BCUT2D eigenvalue weighted by atomic mass is 19.1. The number of aromatic nitrogens is 7. The molecule has 170 valence electrons. The zero-order valence-electron chi connectivity index (χ0n) is 18.3. The molecule has 1 aromatic carbocycles. The van der Waals surface area contributed by atoms with E-state index in [-0.39, 0.29) is 11.9 Å². The largest absolute Gasteiger partial charge is 0.481 e. The van der Waals surface area contributed by atoms with Crippen LogP contribution in [0.5, 0.6) is 5.88 Å². The molecule has 1 aliphatic rings. The zero-order valence-corrected chi connectivity index (χ0v) is 18.3. The van der Waals surface area contributed by atoms with Crippen molar-refractivity contribution in [3.05, 3.63) is 72.8 Å². The third-order valence-corrected chi connectivity index (χ3v) is 6.17. The molecule has 4 aromatic heterocycles. The van der Waals surface area contributed by atoms with Crippen molar-refractivity contribution in [1.82, 2.24) is 34.5 Å². The normalized spacial score (nSPS) is 14.4. The van der Waals surface area contributed by atoms with Crippen molar-refractivity contribution >= 4 is 16.9 Å². The fourth-order valence-electron chi connectivity index (χ4n) is 4.47. The highest BCUT2D eigenvalue weighted by molar-refractivity contribution is 6.01. The summed E-state index contributed by atoms with van der Waals surface area (Å²) in [5.74, 6) is 0.841. The molecule has 0 aliphatic heterocycles. The van der Waals surface area contributed by atoms with Gasteiger partial charge in [0.2, 0.25) is 5.88 Å². The number of methoxy groups -OCH3 is 1. The van der Waals surface area contributed by atoms with Gasteiger partial charge < -0.3 is 15.0 Å². The molecule has 1 unspecified atom stereocenters. The van der Waals surface area contributed by atoms with E-state index < -0.39 is 0 Å². The number of hydrogen-bond donors (Lipinski definition) is 1. The molecule has 5 aromatic rings. The van der Waals surface area contributed by atoms with Crippen LogP contribution in [0.2, 0.25) is 0 Å². The van der Waals surface area contributed by atoms with Crippen LogP contribution < -0.4 is 10.5 Å². The maximum atomic E-state index is 14.4. The Morgan fingerprint density at radius 2 is 1.91 bits per heavy atom. The average Bonchev–Trinajstić information content (AvgIpc) is 3.44. The lowest BCUT2D eigenvalue weighted by Gasteiger charge is -2.16. The van der Waals surface area contributed by atoms with Crippen molar-refractivity contribution in [3.8, 4) is 22.7 Å². The predicted octanol–water partition coefficient (Wildman–Crippen LogP) is 3.80. The van der Waals surface area contributed by atoms with Crippen LogP contribution in [-0.4, -0.2) is 41.6 Å². The van der Waals surface area contributed by atoms with E-state index >= 15 is 0 Å². The fourth-order valence-corrected chi connectivity index (χ4v) is 4.47. The van der Waals surface area contributed by atoms with E-state index in [2.05, 4.69) is 29.8 Å². The first-order valence-electron chi connectivity index (χ1n) is 10.9. The number of benzene rings is 1. The van der Waals surface area contributed by atoms with E-state index in [1.807, 2.05) is 18.3 Å². The number of fused-ring (bicyclic) bond motifs is 1. The monoisotopic (exact) mass is 456 g/mol. The summed E-state index contributed by atoms with van der Waals surface area (Å²) in [7, 11) is 1.58. The van der Waals surface area contributed by atoms with E-state index in [0.717, 1.165) is 35.0 Å². The summed E-state index contributed by atoms with van der Waals surface area (Å²) in [6.45, 7) is 0. The van der Waals surface area contributed by atoms with E-state index in [1.54, 1.807) is 37.7 Å². The summed E-state index contributed by atoms with van der Waals surface area (Å²) < 4.78 is 23.4. The maximum absolute atomic E-state index is 14.4. The van der Waals surface area contributed by atoms with Crippen LogP contribution >= 0.6 is 0 Å². The number of halogens is 1. The first kappa shape index (κ1) is 20.3. The molecule has 1 saturated carbocycles. The minimum Gasteiger partial charge on any atom is -0.481 e. The second-order valence-electron chi connectivity index (χ2n) is 8.29. The Morgan fingerprint density at radius 1 is 1.06 bits per heavy atom. The number of rotatable bonds is 6. The molecule has 10 heteroatoms. The minimum atomic E-state index is -0.361. The highest BCUT2D eigenvalue weighted by Crippen LogP contribution is 2.46. The third-order valence-electron chi connectivity index (χ3n) is 6.17. The molecule has 0 spiro atoms. The van der Waals surface area contributed by atoms with E-state index in [4.69, 9.17) is 10.5 Å². The van der Waals surface area contributed by atoms with Crippen molar-refractivity contribution in [1.29, 1.82) is 0 Å². The van der Waals surface area contributed by atoms with Crippen molar-refractivity contribution in [2.75, 3.05) is 12.8 Å². The van der Waals surface area contributed by atoms with Crippen LogP contribution in [0.1, 0.15) is 24.6 Å². The van der Waals surface area contributed by atoms with Crippen LogP contribution in [0, 0.1) is 11.7 Å². The van der Waals surface area contributed by atoms with Crippen LogP contribution in [0.25, 0.3) is 27.8 Å². The number of nitrogens with two attached hydrogens (primary N) is 1. The molecule has 2 N–H and O–H groups in total. The number of nitrogens with zero attached hydrogens (tertiary/aromatic N) is 7. The second-order valence-corrected chi connectivity index (χ2v) is 8.29. The van der Waals surface area contributed by atoms with Crippen molar-refractivity contribution in [2.45, 2.75) is 18.9 Å². The molecule has 1 aliphatic carbocycles. The van der Waals surface area contributed by atoms with Gasteiger partial charge in [-0.15, -0.1) is 5.10 Å². The smallest absolute Gasteiger partial charge is 0.221 e. The lowest BCUT2D eigenvalue weighted by Crippen LogP contribution is -2.13. The summed E-state index contributed by atoms with van der Waals surface area (Å²) in [5, 5.41) is 9.37. The van der Waals surface area contributed by atoms with Gasteiger partial charge in [0.1, 0.15) is 35.0 Å². The number of anilines is 1. The lowest BCUT2D eigenvalue weighted by atomic mass is 10.1. The maximum Gasteiger partial charge on any atom is 0.221 e. The van der Waals surface area contributed by atoms with Crippen molar-refractivity contribution < 1.29 is 9.13 Å². The number of hydrogen-bond acceptors (Lipinski definition) is 7. The van der Waals surface area contributed by atoms with Gasteiger partial charge in [0.05, 0.1) is 24.7 Å². The summed E-state index contributed by atoms with van der Waals surface area (Å²) in [6, 6.07) is 10.1. The number of ether oxygens (including phenoxy) is 1. The molecule has 1 fully saturated rings. The van der Waals surface area contributed by atoms with Gasteiger partial charge in [-0.25, -0.2) is 24.0 Å². The average molecular weight is 456 g/mol. The third kappa shape index (κ3) is 3.26. The van der Waals surface area contributed by atoms with Crippen LogP contribution in [0.3, 0.4) is 0 Å². The Labute approximate surface area is 194 Å². The Hall–Kier alpha value is -4.34. The molecular formula is C24H21FN8O. The number of pyridine rings is 1. The second kappa shape index (κ2) is 7.91. The molecule has 6 rings (SSSR count). The minimum absolute atomic E-state index is 0.145. The predicted molar refractivity (Wildman–Crippen MR) is 124 cm³/mol. The van der Waals surface area contributed by atoms with Gasteiger partial charge in [0, 0.05) is 23.5 Å². The van der Waals surface area contributed by atoms with E-state index in [1.165, 1.54) is 17.1 Å². The molecule has 0 saturated heterocycles. The Bertz CT molecular complexity index is 1510. The van der Waals surface area contributed by atoms with Crippen LogP contribution in [0.4, 0.5) is 10.2 Å². The van der Waals surface area contributed by atoms with Crippen molar-refractivity contribution in [3.63, 3.8) is 0 Å². The standard InChI is InChI=1S/C24H21FN8O/c1-34-24-15(5-4-10-27-24)16-11-32(23-20(16)22(26)28-13-29-23)21(14-8-9-14)18-12-33(31-30-18)19-7-3-2-6-17(19)25/h2-7,10-14,21H,8-9H2,1H3,(H2,26,28,29). The lowest BCUT2D eigenvalue weighted by molar-refractivity contribution is 0.399. The quantitative estimate of drug-likeness (QED) is 0.414. The summed E-state index contributed by atoms with van der Waals surface area (Å²) in [6.07, 6.45) is 9.00. The zero-order chi connectivity index (χ0) is 23.2. The molecule has 34 heavy (non-hydrogen) atoms. The Morgan fingerprint density at radius 3 is 2.71 bits per heavy atom. The van der Waals surface area contributed by atoms with Gasteiger partial charge in [-0.3, -0.25) is 0 Å². The number of nitrogen functional groups attached to an aromatic ring is 1. The van der Waals surface area contributed by atoms with Crippen LogP contribution in [-0.2, 0) is 0 Å². The summed E-state index contributed by atoms with van der Waals surface area (Å²) in [5.41, 5.74) is 9.70. The van der Waals surface area contributed by atoms with Gasteiger partial charge >= 0.3 is 0 Å². The molecule has 0 radical (unpaired) electrons. The van der Waals surface area contributed by atoms with E-state index in [9.17, 15) is 4.39 Å². The summed E-state index contributed by atoms with van der Waals surface area (Å²) in [4.78, 5) is 13.1. The molecular weight excluding hydrogens is 435 g/mol. The van der Waals surface area contributed by atoms with Gasteiger partial charge in [0.15, 0.2) is 0 Å².